The maximum absolute atomic E-state index is 2.43. The number of hydrogen-bond acceptors (Lipinski definition) is 0. The average molecular weight is 394 g/mol. The molecule has 0 aromatic heterocycles. The van der Waals surface area contributed by atoms with Crippen molar-refractivity contribution >= 4 is 50.8 Å². The van der Waals surface area contributed by atoms with Crippen LogP contribution in [-0.4, -0.2) is 45.6 Å². The summed E-state index contributed by atoms with van der Waals surface area (Å²) in [6, 6.07) is 6.91. The van der Waals surface area contributed by atoms with E-state index in [0.29, 0.717) is 0 Å². The molecule has 0 saturated heterocycles. The first-order valence-electron chi connectivity index (χ1n) is 7.36. The summed E-state index contributed by atoms with van der Waals surface area (Å²) in [4.78, 5) is 0. The molecule has 1 aromatic carbocycles. The number of allylic oxidation sites excluding steroid dienone is 4. The van der Waals surface area contributed by atoms with Gasteiger partial charge in [-0.15, -0.1) is 0 Å². The fourth-order valence-electron chi connectivity index (χ4n) is 3.20. The van der Waals surface area contributed by atoms with Crippen LogP contribution in [0.5, 0.6) is 0 Å². The van der Waals surface area contributed by atoms with Gasteiger partial charge in [-0.2, -0.15) is 0 Å². The van der Waals surface area contributed by atoms with Crippen LogP contribution < -0.4 is 5.19 Å². The van der Waals surface area contributed by atoms with Gasteiger partial charge in [0.2, 0.25) is 0 Å². The van der Waals surface area contributed by atoms with Crippen LogP contribution in [0.15, 0.2) is 35.0 Å². The predicted octanol–water partition coefficient (Wildman–Crippen LogP) is 2.98. The van der Waals surface area contributed by atoms with Gasteiger partial charge in [0.05, 0.1) is 0 Å². The van der Waals surface area contributed by atoms with E-state index in [4.69, 9.17) is 0 Å². The van der Waals surface area contributed by atoms with Crippen LogP contribution in [0.25, 0.3) is 0 Å². The molecule has 0 amide bonds. The van der Waals surface area contributed by atoms with Crippen molar-refractivity contribution in [3.63, 3.8) is 0 Å². The van der Waals surface area contributed by atoms with Gasteiger partial charge < -0.3 is 0 Å². The number of aryl methyl sites for hydroxylation is 1. The first kappa shape index (κ1) is 15.9. The Labute approximate surface area is 142 Å². The van der Waals surface area contributed by atoms with E-state index in [0.717, 1.165) is 5.92 Å². The van der Waals surface area contributed by atoms with E-state index in [1.54, 1.807) is 27.5 Å². The molecule has 2 rings (SSSR count). The van der Waals surface area contributed by atoms with Crippen LogP contribution >= 0.6 is 0 Å². The third-order valence-corrected chi connectivity index (χ3v) is 23.4. The van der Waals surface area contributed by atoms with Gasteiger partial charge in [-0.3, -0.25) is 0 Å². The number of hydrogen-bond donors (Lipinski definition) is 0. The molecule has 0 nitrogen and oxygen atoms in total. The van der Waals surface area contributed by atoms with Gasteiger partial charge >= 0.3 is 144 Å². The van der Waals surface area contributed by atoms with Crippen molar-refractivity contribution in [1.29, 1.82) is 0 Å². The summed E-state index contributed by atoms with van der Waals surface area (Å²) in [6.45, 7) is 14.0. The van der Waals surface area contributed by atoms with Gasteiger partial charge in [-0.05, 0) is 0 Å². The molecular weight excluding hydrogens is 370 g/mol. The van der Waals surface area contributed by atoms with Crippen LogP contribution in [0.4, 0.5) is 0 Å². The van der Waals surface area contributed by atoms with Crippen molar-refractivity contribution in [2.75, 3.05) is 0 Å². The molecule has 98 valence electrons. The van der Waals surface area contributed by atoms with E-state index >= 15 is 0 Å². The molecule has 0 heterocycles. The second-order valence-corrected chi connectivity index (χ2v) is 19.6. The van der Waals surface area contributed by atoms with E-state index in [1.165, 1.54) is 5.56 Å². The summed E-state index contributed by atoms with van der Waals surface area (Å²) in [5.74, 6) is 0.777. The predicted molar refractivity (Wildman–Crippen MR) is 90.1 cm³/mol. The Balaban J connectivity index is 2.15. The second kappa shape index (κ2) is 6.50. The molecule has 0 aliphatic heterocycles. The van der Waals surface area contributed by atoms with Crippen LogP contribution in [0, 0.1) is 19.8 Å². The first-order valence-corrected chi connectivity index (χ1v) is 20.7. The van der Waals surface area contributed by atoms with Gasteiger partial charge in [-0.25, -0.2) is 0 Å². The van der Waals surface area contributed by atoms with Gasteiger partial charge in [0.15, 0.2) is 0 Å². The van der Waals surface area contributed by atoms with Crippen LogP contribution in [-0.2, 0) is 0 Å². The quantitative estimate of drug-likeness (QED) is 0.693. The van der Waals surface area contributed by atoms with Crippen molar-refractivity contribution in [3.05, 3.63) is 46.1 Å². The third-order valence-electron chi connectivity index (χ3n) is 5.19. The standard InChI is InChI=1S/C9H13.C8H11Si.Ba/c1-6-5-7(2)9(4)8(6)3;1-6-4-3-5-8(9)7(6)2;/h6H,1-4H3;3-5H,9H2,1-2H3;. The molecule has 1 unspecified atom stereocenters. The van der Waals surface area contributed by atoms with Crippen LogP contribution in [0.3, 0.4) is 0 Å². The van der Waals surface area contributed by atoms with Crippen molar-refractivity contribution in [1.82, 2.24) is 0 Å². The summed E-state index contributed by atoms with van der Waals surface area (Å²) >= 11 is -0.851. The second-order valence-electron chi connectivity index (χ2n) is 6.04. The van der Waals surface area contributed by atoms with Crippen molar-refractivity contribution in [3.8, 4) is 0 Å². The molecule has 0 bridgehead atoms. The minimum absolute atomic E-state index is 0.0376. The summed E-state index contributed by atoms with van der Waals surface area (Å²) < 4.78 is 1.97. The molecule has 1 aliphatic rings. The number of rotatable bonds is 3. The maximum atomic E-state index is 2.43. The van der Waals surface area contributed by atoms with Gasteiger partial charge in [0.1, 0.15) is 0 Å². The molecule has 0 radical (unpaired) electrons. The topological polar surface area (TPSA) is 0 Å². The Morgan fingerprint density at radius 1 is 1.00 bits per heavy atom. The van der Waals surface area contributed by atoms with E-state index < -0.39 is 42.9 Å². The first-order chi connectivity index (χ1) is 8.93. The third kappa shape index (κ3) is 3.22. The van der Waals surface area contributed by atoms with E-state index in [2.05, 4.69) is 59.7 Å². The molecule has 2 heteroatoms. The molecule has 19 heavy (non-hydrogen) atoms. The summed E-state index contributed by atoms with van der Waals surface area (Å²) in [7, 11) is 0. The molecule has 0 fully saturated rings. The molecule has 0 spiro atoms. The zero-order valence-corrected chi connectivity index (χ0v) is 19.1. The fourth-order valence-corrected chi connectivity index (χ4v) is 25.1. The summed E-state index contributed by atoms with van der Waals surface area (Å²) in [5.41, 5.74) is 7.97. The normalized spacial score (nSPS) is 19.8. The minimum atomic E-state index is -0.851. The fraction of sp³-hybridized carbons (Fsp3) is 0.412. The van der Waals surface area contributed by atoms with Gasteiger partial charge in [-0.1, -0.05) is 0 Å². The van der Waals surface area contributed by atoms with Crippen molar-refractivity contribution in [2.24, 2.45) is 5.92 Å². The molecule has 1 aromatic rings. The number of benzene rings is 1. The molecule has 0 saturated carbocycles. The summed E-state index contributed by atoms with van der Waals surface area (Å²) in [6.07, 6.45) is 0. The SMILES string of the molecule is CC1=C(C)C(C)[C]([Ba][SiH2]c2cccc(C)c2C)=C1C. The molecule has 0 N–H and O–H groups in total. The zero-order valence-electron chi connectivity index (χ0n) is 13.2. The average Bonchev–Trinajstić information content (AvgIpc) is 2.57. The molecular formula is C17H24BaSi. The van der Waals surface area contributed by atoms with E-state index in [1.807, 2.05) is 0.0410 Å². The Morgan fingerprint density at radius 3 is 2.26 bits per heavy atom. The molecule has 1 atom stereocenters. The van der Waals surface area contributed by atoms with Crippen LogP contribution in [0.2, 0.25) is 0 Å². The van der Waals surface area contributed by atoms with Crippen molar-refractivity contribution < 1.29 is 0 Å². The monoisotopic (exact) mass is 394 g/mol. The Hall–Kier alpha value is 0.488. The van der Waals surface area contributed by atoms with Gasteiger partial charge in [0, 0.05) is 0 Å². The van der Waals surface area contributed by atoms with Crippen LogP contribution in [0.1, 0.15) is 38.8 Å². The Morgan fingerprint density at radius 2 is 1.68 bits per heavy atom. The van der Waals surface area contributed by atoms with E-state index in [-0.39, 0.29) is 2.66 Å². The molecule has 1 aliphatic carbocycles. The van der Waals surface area contributed by atoms with Crippen molar-refractivity contribution in [2.45, 2.75) is 41.5 Å². The summed E-state index contributed by atoms with van der Waals surface area (Å²) in [5, 5.41) is 1.75. The zero-order chi connectivity index (χ0) is 14.2. The Kier molecular flexibility index (Phi) is 5.43. The Bertz CT molecular complexity index is 567. The van der Waals surface area contributed by atoms with Gasteiger partial charge in [0.25, 0.3) is 0 Å². The van der Waals surface area contributed by atoms with E-state index in [9.17, 15) is 0 Å².